The Labute approximate surface area is 95.4 Å². The van der Waals surface area contributed by atoms with Crippen LogP contribution in [-0.4, -0.2) is 18.0 Å². The molecule has 0 fully saturated rings. The molecule has 3 heteroatoms. The van der Waals surface area contributed by atoms with Gasteiger partial charge in [0.2, 0.25) is 0 Å². The number of carbonyl (C=O) groups is 1. The Balaban J connectivity index is 3.26. The maximum Gasteiger partial charge on any atom is 0.166 e. The number of hydrogen-bond donors (Lipinski definition) is 1. The fourth-order valence-corrected chi connectivity index (χ4v) is 1.53. The van der Waals surface area contributed by atoms with E-state index in [1.807, 2.05) is 0 Å². The van der Waals surface area contributed by atoms with E-state index in [1.54, 1.807) is 19.1 Å². The van der Waals surface area contributed by atoms with Crippen molar-refractivity contribution in [2.75, 3.05) is 7.11 Å². The summed E-state index contributed by atoms with van der Waals surface area (Å²) in [7, 11) is 1.53. The van der Waals surface area contributed by atoms with Gasteiger partial charge >= 0.3 is 0 Å². The second kappa shape index (κ2) is 5.35. The van der Waals surface area contributed by atoms with Gasteiger partial charge in [0.25, 0.3) is 0 Å². The summed E-state index contributed by atoms with van der Waals surface area (Å²) in [6.07, 6.45) is 2.70. The number of hydrogen-bond acceptors (Lipinski definition) is 3. The van der Waals surface area contributed by atoms with Crippen molar-refractivity contribution in [1.82, 2.24) is 0 Å². The Kier molecular flexibility index (Phi) is 4.11. The zero-order chi connectivity index (χ0) is 12.1. The molecule has 0 radical (unpaired) electrons. The van der Waals surface area contributed by atoms with Gasteiger partial charge in [0.1, 0.15) is 11.5 Å². The van der Waals surface area contributed by atoms with Gasteiger partial charge in [-0.05, 0) is 18.1 Å². The van der Waals surface area contributed by atoms with Gasteiger partial charge in [-0.25, -0.2) is 0 Å². The Morgan fingerprint density at radius 1 is 1.56 bits per heavy atom. The summed E-state index contributed by atoms with van der Waals surface area (Å²) in [5.74, 6) is 0.465. The lowest BCUT2D eigenvalue weighted by Gasteiger charge is -2.10. The van der Waals surface area contributed by atoms with E-state index < -0.39 is 0 Å². The van der Waals surface area contributed by atoms with E-state index >= 15 is 0 Å². The first-order valence-corrected chi connectivity index (χ1v) is 5.18. The number of Topliss-reactive ketones (excluding diaryl/α,β-unsaturated/α-hetero) is 1. The van der Waals surface area contributed by atoms with Gasteiger partial charge < -0.3 is 9.84 Å². The van der Waals surface area contributed by atoms with Crippen molar-refractivity contribution in [1.29, 1.82) is 0 Å². The number of phenols is 1. The van der Waals surface area contributed by atoms with Crippen LogP contribution >= 0.6 is 0 Å². The molecule has 86 valence electrons. The van der Waals surface area contributed by atoms with Crippen LogP contribution in [0.3, 0.4) is 0 Å². The molecular weight excluding hydrogens is 204 g/mol. The van der Waals surface area contributed by atoms with Crippen LogP contribution < -0.4 is 4.74 Å². The van der Waals surface area contributed by atoms with Crippen LogP contribution in [0, 0.1) is 0 Å². The van der Waals surface area contributed by atoms with Crippen molar-refractivity contribution in [2.24, 2.45) is 0 Å². The van der Waals surface area contributed by atoms with E-state index in [4.69, 9.17) is 4.74 Å². The van der Waals surface area contributed by atoms with Crippen LogP contribution in [0.15, 0.2) is 24.8 Å². The molecule has 0 aliphatic rings. The van der Waals surface area contributed by atoms with Crippen LogP contribution in [0.2, 0.25) is 0 Å². The van der Waals surface area contributed by atoms with Crippen molar-refractivity contribution in [3.8, 4) is 11.5 Å². The number of allylic oxidation sites excluding steroid dienone is 1. The quantitative estimate of drug-likeness (QED) is 0.613. The first-order valence-electron chi connectivity index (χ1n) is 5.18. The van der Waals surface area contributed by atoms with Crippen molar-refractivity contribution >= 4 is 5.78 Å². The van der Waals surface area contributed by atoms with E-state index in [0.717, 1.165) is 5.56 Å². The third-order valence-electron chi connectivity index (χ3n) is 2.38. The van der Waals surface area contributed by atoms with Gasteiger partial charge in [-0.1, -0.05) is 13.0 Å². The number of ether oxygens (including phenoxy) is 1. The smallest absolute Gasteiger partial charge is 0.166 e. The van der Waals surface area contributed by atoms with Gasteiger partial charge in [0.15, 0.2) is 5.78 Å². The van der Waals surface area contributed by atoms with Crippen LogP contribution in [0.4, 0.5) is 0 Å². The molecule has 0 aliphatic heterocycles. The SMILES string of the molecule is C=CCc1cc(C(=O)CC)c(O)cc1OC. The van der Waals surface area contributed by atoms with Gasteiger partial charge in [-0.2, -0.15) is 0 Å². The predicted octanol–water partition coefficient (Wildman–Crippen LogP) is 2.72. The first-order chi connectivity index (χ1) is 7.63. The highest BCUT2D eigenvalue weighted by molar-refractivity contribution is 5.98. The Morgan fingerprint density at radius 2 is 2.25 bits per heavy atom. The number of phenolic OH excluding ortho intramolecular Hbond substituents is 1. The molecule has 0 aromatic heterocycles. The predicted molar refractivity (Wildman–Crippen MR) is 63.2 cm³/mol. The lowest BCUT2D eigenvalue weighted by Crippen LogP contribution is -2.00. The molecule has 0 aliphatic carbocycles. The number of carbonyl (C=O) groups excluding carboxylic acids is 1. The number of aromatic hydroxyl groups is 1. The Morgan fingerprint density at radius 3 is 2.75 bits per heavy atom. The minimum atomic E-state index is -0.0783. The second-order valence-electron chi connectivity index (χ2n) is 3.45. The van der Waals surface area contributed by atoms with Gasteiger partial charge in [-0.15, -0.1) is 6.58 Å². The summed E-state index contributed by atoms with van der Waals surface area (Å²) in [6.45, 7) is 5.41. The second-order valence-corrected chi connectivity index (χ2v) is 3.45. The molecule has 0 spiro atoms. The fraction of sp³-hybridized carbons (Fsp3) is 0.308. The summed E-state index contributed by atoms with van der Waals surface area (Å²) < 4.78 is 5.13. The highest BCUT2D eigenvalue weighted by atomic mass is 16.5. The molecule has 3 nitrogen and oxygen atoms in total. The maximum atomic E-state index is 11.6. The molecule has 0 unspecified atom stereocenters. The van der Waals surface area contributed by atoms with Gasteiger partial charge in [-0.3, -0.25) is 4.79 Å². The molecular formula is C13H16O3. The van der Waals surface area contributed by atoms with Crippen LogP contribution in [-0.2, 0) is 6.42 Å². The van der Waals surface area contributed by atoms with Crippen molar-refractivity contribution in [3.63, 3.8) is 0 Å². The van der Waals surface area contributed by atoms with Gasteiger partial charge in [0.05, 0.1) is 12.7 Å². The lowest BCUT2D eigenvalue weighted by molar-refractivity contribution is 0.0985. The summed E-state index contributed by atoms with van der Waals surface area (Å²) in [4.78, 5) is 11.6. The highest BCUT2D eigenvalue weighted by Crippen LogP contribution is 2.29. The van der Waals surface area contributed by atoms with Crippen LogP contribution in [0.1, 0.15) is 29.3 Å². The monoisotopic (exact) mass is 220 g/mol. The van der Waals surface area contributed by atoms with E-state index in [9.17, 15) is 9.90 Å². The van der Waals surface area contributed by atoms with E-state index in [-0.39, 0.29) is 11.5 Å². The summed E-state index contributed by atoms with van der Waals surface area (Å²) in [5, 5.41) is 9.69. The molecule has 1 aromatic carbocycles. The third kappa shape index (κ3) is 2.42. The maximum absolute atomic E-state index is 11.6. The van der Waals surface area contributed by atoms with E-state index in [1.165, 1.54) is 13.2 Å². The Bertz CT molecular complexity index is 408. The third-order valence-corrected chi connectivity index (χ3v) is 2.38. The highest BCUT2D eigenvalue weighted by Gasteiger charge is 2.13. The number of ketones is 1. The van der Waals surface area contributed by atoms with E-state index in [2.05, 4.69) is 6.58 Å². The average Bonchev–Trinajstić information content (AvgIpc) is 2.30. The topological polar surface area (TPSA) is 46.5 Å². The van der Waals surface area contributed by atoms with Crippen LogP contribution in [0.5, 0.6) is 11.5 Å². The molecule has 0 amide bonds. The van der Waals surface area contributed by atoms with Gasteiger partial charge in [0, 0.05) is 12.5 Å². The summed E-state index contributed by atoms with van der Waals surface area (Å²) >= 11 is 0. The lowest BCUT2D eigenvalue weighted by atomic mass is 10.0. The standard InChI is InChI=1S/C13H16O3/c1-4-6-9-7-10(11(14)5-2)12(15)8-13(9)16-3/h4,7-8,15H,1,5-6H2,2-3H3. The zero-order valence-electron chi connectivity index (χ0n) is 9.62. The fourth-order valence-electron chi connectivity index (χ4n) is 1.53. The molecule has 16 heavy (non-hydrogen) atoms. The molecule has 0 atom stereocenters. The Hall–Kier alpha value is -1.77. The molecule has 0 saturated carbocycles. The molecule has 1 rings (SSSR count). The number of rotatable bonds is 5. The molecule has 0 heterocycles. The molecule has 0 bridgehead atoms. The average molecular weight is 220 g/mol. The van der Waals surface area contributed by atoms with E-state index in [0.29, 0.717) is 24.2 Å². The summed E-state index contributed by atoms with van der Waals surface area (Å²) in [5.41, 5.74) is 1.20. The summed E-state index contributed by atoms with van der Waals surface area (Å²) in [6, 6.07) is 3.14. The van der Waals surface area contributed by atoms with Crippen molar-refractivity contribution in [3.05, 3.63) is 35.9 Å². The molecule has 0 saturated heterocycles. The largest absolute Gasteiger partial charge is 0.507 e. The molecule has 1 N–H and O–H groups in total. The van der Waals surface area contributed by atoms with Crippen molar-refractivity contribution in [2.45, 2.75) is 19.8 Å². The normalized spacial score (nSPS) is 9.88. The van der Waals surface area contributed by atoms with Crippen molar-refractivity contribution < 1.29 is 14.6 Å². The minimum absolute atomic E-state index is 0.0310. The minimum Gasteiger partial charge on any atom is -0.507 e. The first kappa shape index (κ1) is 12.3. The van der Waals surface area contributed by atoms with Crippen LogP contribution in [0.25, 0.3) is 0 Å². The molecule has 1 aromatic rings. The zero-order valence-corrected chi connectivity index (χ0v) is 9.62. The number of methoxy groups -OCH3 is 1. The number of benzene rings is 1.